The Hall–Kier alpha value is -0.610. The van der Waals surface area contributed by atoms with Crippen molar-refractivity contribution >= 4 is 5.97 Å². The number of aliphatic hydroxyl groups is 1. The van der Waals surface area contributed by atoms with Gasteiger partial charge in [-0.2, -0.15) is 0 Å². The van der Waals surface area contributed by atoms with Crippen LogP contribution in [0.3, 0.4) is 0 Å². The molecule has 15 heavy (non-hydrogen) atoms. The van der Waals surface area contributed by atoms with Gasteiger partial charge in [-0.1, -0.05) is 0 Å². The van der Waals surface area contributed by atoms with Gasteiger partial charge in [-0.25, -0.2) is 0 Å². The van der Waals surface area contributed by atoms with Gasteiger partial charge in [0.2, 0.25) is 0 Å². The molecule has 0 spiro atoms. The third-order valence-corrected chi connectivity index (χ3v) is 2.94. The smallest absolute Gasteiger partial charge is 0.307 e. The van der Waals surface area contributed by atoms with Crippen LogP contribution in [0.4, 0.5) is 0 Å². The van der Waals surface area contributed by atoms with E-state index in [0.29, 0.717) is 13.0 Å². The van der Waals surface area contributed by atoms with Crippen molar-refractivity contribution in [3.8, 4) is 0 Å². The first-order valence-electron chi connectivity index (χ1n) is 5.66. The third kappa shape index (κ3) is 3.47. The van der Waals surface area contributed by atoms with E-state index in [1.54, 1.807) is 6.92 Å². The molecule has 4 nitrogen and oxygen atoms in total. The molecule has 0 aromatic heterocycles. The highest BCUT2D eigenvalue weighted by Crippen LogP contribution is 2.31. The molecule has 1 aliphatic rings. The molecule has 2 N–H and O–H groups in total. The molecule has 0 saturated heterocycles. The number of ether oxygens (including phenoxy) is 1. The van der Waals surface area contributed by atoms with Crippen LogP contribution in [0, 0.1) is 0 Å². The first-order chi connectivity index (χ1) is 7.12. The van der Waals surface area contributed by atoms with Crippen LogP contribution >= 0.6 is 0 Å². The summed E-state index contributed by atoms with van der Waals surface area (Å²) in [5.41, 5.74) is -0.133. The zero-order valence-corrected chi connectivity index (χ0v) is 9.58. The van der Waals surface area contributed by atoms with E-state index < -0.39 is 0 Å². The average molecular weight is 215 g/mol. The normalized spacial score (nSPS) is 20.5. The molecule has 4 heteroatoms. The first-order valence-corrected chi connectivity index (χ1v) is 5.66. The van der Waals surface area contributed by atoms with Gasteiger partial charge in [0.1, 0.15) is 0 Å². The lowest BCUT2D eigenvalue weighted by Gasteiger charge is -2.43. The van der Waals surface area contributed by atoms with Crippen LogP contribution in [0.2, 0.25) is 0 Å². The maximum Gasteiger partial charge on any atom is 0.307 e. The molecule has 0 aromatic carbocycles. The highest BCUT2D eigenvalue weighted by Gasteiger charge is 2.37. The molecule has 1 atom stereocenters. The number of hydrogen-bond donors (Lipinski definition) is 2. The van der Waals surface area contributed by atoms with Crippen molar-refractivity contribution in [2.45, 2.75) is 51.1 Å². The Kier molecular flexibility index (Phi) is 4.54. The van der Waals surface area contributed by atoms with Gasteiger partial charge in [-0.3, -0.25) is 4.79 Å². The maximum atomic E-state index is 11.2. The van der Waals surface area contributed by atoms with Crippen molar-refractivity contribution in [1.29, 1.82) is 0 Å². The van der Waals surface area contributed by atoms with Crippen molar-refractivity contribution in [3.05, 3.63) is 0 Å². The molecule has 1 rings (SSSR count). The summed E-state index contributed by atoms with van der Waals surface area (Å²) in [4.78, 5) is 11.2. The molecule has 88 valence electrons. The number of nitrogens with one attached hydrogen (secondary N) is 1. The SMILES string of the molecule is CCOC(=O)CC(C)NC1(CO)CCC1. The Balaban J connectivity index is 2.28. The molecule has 0 amide bonds. The van der Waals surface area contributed by atoms with Crippen molar-refractivity contribution in [3.63, 3.8) is 0 Å². The molecule has 1 saturated carbocycles. The number of rotatable bonds is 6. The van der Waals surface area contributed by atoms with Crippen LogP contribution in [0.5, 0.6) is 0 Å². The zero-order chi connectivity index (χ0) is 11.3. The van der Waals surface area contributed by atoms with Gasteiger partial charge in [0.15, 0.2) is 0 Å². The van der Waals surface area contributed by atoms with E-state index in [9.17, 15) is 9.90 Å². The van der Waals surface area contributed by atoms with Gasteiger partial charge in [0.25, 0.3) is 0 Å². The number of aliphatic hydroxyl groups excluding tert-OH is 1. The Labute approximate surface area is 91.0 Å². The van der Waals surface area contributed by atoms with Crippen molar-refractivity contribution in [1.82, 2.24) is 5.32 Å². The van der Waals surface area contributed by atoms with Crippen LogP contribution < -0.4 is 5.32 Å². The van der Waals surface area contributed by atoms with E-state index in [2.05, 4.69) is 5.32 Å². The quantitative estimate of drug-likeness (QED) is 0.644. The van der Waals surface area contributed by atoms with Crippen molar-refractivity contribution < 1.29 is 14.6 Å². The third-order valence-electron chi connectivity index (χ3n) is 2.94. The highest BCUT2D eigenvalue weighted by atomic mass is 16.5. The minimum Gasteiger partial charge on any atom is -0.466 e. The van der Waals surface area contributed by atoms with E-state index in [1.807, 2.05) is 6.92 Å². The topological polar surface area (TPSA) is 58.6 Å². The summed E-state index contributed by atoms with van der Waals surface area (Å²) in [6.07, 6.45) is 3.52. The van der Waals surface area contributed by atoms with Crippen LogP contribution in [-0.4, -0.2) is 35.9 Å². The minimum atomic E-state index is -0.176. The maximum absolute atomic E-state index is 11.2. The fraction of sp³-hybridized carbons (Fsp3) is 0.909. The second kappa shape index (κ2) is 5.47. The van der Waals surface area contributed by atoms with E-state index in [0.717, 1.165) is 19.3 Å². The van der Waals surface area contributed by atoms with Gasteiger partial charge >= 0.3 is 5.97 Å². The van der Waals surface area contributed by atoms with Crippen LogP contribution in [0.25, 0.3) is 0 Å². The molecule has 0 aliphatic heterocycles. The Morgan fingerprint density at radius 3 is 2.67 bits per heavy atom. The lowest BCUT2D eigenvalue weighted by molar-refractivity contribution is -0.143. The summed E-state index contributed by atoms with van der Waals surface area (Å²) >= 11 is 0. The lowest BCUT2D eigenvalue weighted by Crippen LogP contribution is -2.57. The Morgan fingerprint density at radius 2 is 2.27 bits per heavy atom. The highest BCUT2D eigenvalue weighted by molar-refractivity contribution is 5.70. The standard InChI is InChI=1S/C11H21NO3/c1-3-15-10(14)7-9(2)12-11(8-13)5-4-6-11/h9,12-13H,3-8H2,1-2H3. The van der Waals surface area contributed by atoms with Crippen molar-refractivity contribution in [2.24, 2.45) is 0 Å². The summed E-state index contributed by atoms with van der Waals surface area (Å²) in [5, 5.41) is 12.6. The molecular formula is C11H21NO3. The summed E-state index contributed by atoms with van der Waals surface area (Å²) in [7, 11) is 0. The van der Waals surface area contributed by atoms with Gasteiger partial charge in [0.05, 0.1) is 19.6 Å². The molecule has 1 aliphatic carbocycles. The van der Waals surface area contributed by atoms with E-state index in [-0.39, 0.29) is 24.2 Å². The molecule has 0 aromatic rings. The zero-order valence-electron chi connectivity index (χ0n) is 9.58. The fourth-order valence-corrected chi connectivity index (χ4v) is 2.00. The van der Waals surface area contributed by atoms with Gasteiger partial charge < -0.3 is 15.2 Å². The molecule has 0 radical (unpaired) electrons. The number of carbonyl (C=O) groups excluding carboxylic acids is 1. The number of esters is 1. The molecule has 0 bridgehead atoms. The minimum absolute atomic E-state index is 0.0662. The van der Waals surface area contributed by atoms with Crippen LogP contribution in [0.15, 0.2) is 0 Å². The summed E-state index contributed by atoms with van der Waals surface area (Å²) in [5.74, 6) is -0.176. The van der Waals surface area contributed by atoms with Gasteiger partial charge in [-0.15, -0.1) is 0 Å². The number of carbonyl (C=O) groups is 1. The first kappa shape index (κ1) is 12.5. The monoisotopic (exact) mass is 215 g/mol. The predicted octanol–water partition coefficient (Wildman–Crippen LogP) is 0.833. The Morgan fingerprint density at radius 1 is 1.60 bits per heavy atom. The molecular weight excluding hydrogens is 194 g/mol. The second-order valence-electron chi connectivity index (χ2n) is 4.35. The fourth-order valence-electron chi connectivity index (χ4n) is 2.00. The van der Waals surface area contributed by atoms with Crippen molar-refractivity contribution in [2.75, 3.05) is 13.2 Å². The second-order valence-corrected chi connectivity index (χ2v) is 4.35. The average Bonchev–Trinajstić information content (AvgIpc) is 2.11. The molecule has 1 fully saturated rings. The van der Waals surface area contributed by atoms with Crippen LogP contribution in [0.1, 0.15) is 39.5 Å². The summed E-state index contributed by atoms with van der Waals surface area (Å²) in [6.45, 7) is 4.33. The van der Waals surface area contributed by atoms with E-state index in [4.69, 9.17) is 4.74 Å². The summed E-state index contributed by atoms with van der Waals surface area (Å²) < 4.78 is 4.87. The van der Waals surface area contributed by atoms with E-state index in [1.165, 1.54) is 0 Å². The van der Waals surface area contributed by atoms with E-state index >= 15 is 0 Å². The van der Waals surface area contributed by atoms with Gasteiger partial charge in [-0.05, 0) is 33.1 Å². The molecule has 1 unspecified atom stereocenters. The largest absolute Gasteiger partial charge is 0.466 e. The lowest BCUT2D eigenvalue weighted by atomic mass is 9.77. The summed E-state index contributed by atoms with van der Waals surface area (Å²) in [6, 6.07) is 0.0662. The molecule has 0 heterocycles. The van der Waals surface area contributed by atoms with Crippen LogP contribution in [-0.2, 0) is 9.53 Å². The number of hydrogen-bond acceptors (Lipinski definition) is 4. The predicted molar refractivity (Wildman–Crippen MR) is 57.5 cm³/mol. The van der Waals surface area contributed by atoms with Gasteiger partial charge in [0, 0.05) is 11.6 Å². The Bertz CT molecular complexity index is 208.